The second-order valence-corrected chi connectivity index (χ2v) is 18.1. The maximum atomic E-state index is 12.8. The number of hydrogen-bond acceptors (Lipinski definition) is 7. The quantitative estimate of drug-likeness (QED) is 0.210. The van der Waals surface area contributed by atoms with Gasteiger partial charge in [-0.3, -0.25) is 29.0 Å². The first-order valence-corrected chi connectivity index (χ1v) is 18.5. The lowest BCUT2D eigenvalue weighted by Gasteiger charge is -2.36. The van der Waals surface area contributed by atoms with Gasteiger partial charge in [0.25, 0.3) is 0 Å². The highest BCUT2D eigenvalue weighted by Gasteiger charge is 2.49. The number of amides is 4. The maximum Gasteiger partial charge on any atom is 0.325 e. The molecule has 4 rings (SSSR count). The highest BCUT2D eigenvalue weighted by atomic mass is 28.5. The molecule has 6 atom stereocenters. The summed E-state index contributed by atoms with van der Waals surface area (Å²) < 4.78 is 18.3. The van der Waals surface area contributed by atoms with E-state index in [4.69, 9.17) is 13.0 Å². The van der Waals surface area contributed by atoms with E-state index >= 15 is 0 Å². The van der Waals surface area contributed by atoms with Gasteiger partial charge < -0.3 is 13.0 Å². The fraction of sp³-hybridized carbons (Fsp3) is 0.692. The average Bonchev–Trinajstić information content (AvgIpc) is 3.29. The van der Waals surface area contributed by atoms with Gasteiger partial charge >= 0.3 is 17.1 Å². The van der Waals surface area contributed by atoms with Gasteiger partial charge in [-0.2, -0.15) is 0 Å². The maximum absolute atomic E-state index is 12.8. The van der Waals surface area contributed by atoms with Crippen LogP contribution < -0.4 is 0 Å². The lowest BCUT2D eigenvalue weighted by Crippen LogP contribution is -2.51. The van der Waals surface area contributed by atoms with Gasteiger partial charge in [0.05, 0.1) is 23.7 Å². The summed E-state index contributed by atoms with van der Waals surface area (Å²) in [6.45, 7) is 4.73. The van der Waals surface area contributed by atoms with Crippen molar-refractivity contribution in [3.63, 3.8) is 0 Å². The number of imide groups is 2. The molecule has 0 aromatic heterocycles. The first-order valence-electron chi connectivity index (χ1n) is 13.4. The Kier molecular flexibility index (Phi) is 8.69. The Bertz CT molecular complexity index is 860. The van der Waals surface area contributed by atoms with E-state index in [0.29, 0.717) is 63.7 Å². The van der Waals surface area contributed by atoms with Crippen LogP contribution in [0.4, 0.5) is 0 Å². The molecule has 6 unspecified atom stereocenters. The standard InChI is InChI=1S/C26H40N2O7Si2/c1-33-36(3,17-9-15-27-23(29)19-11-5-6-12-20(19)24(27)30)35-37(4,34-2)18-10-16-28-25(31)21-13-7-8-14-22(21)26(28)32/h5-8,19-22H,9-18H2,1-4H3. The summed E-state index contributed by atoms with van der Waals surface area (Å²) in [6, 6.07) is 1.25. The zero-order chi connectivity index (χ0) is 26.8. The van der Waals surface area contributed by atoms with Gasteiger partial charge in [-0.05, 0) is 63.7 Å². The predicted molar refractivity (Wildman–Crippen MR) is 141 cm³/mol. The van der Waals surface area contributed by atoms with Gasteiger partial charge in [0, 0.05) is 27.3 Å². The summed E-state index contributed by atoms with van der Waals surface area (Å²) in [7, 11) is -2.02. The van der Waals surface area contributed by atoms with Crippen molar-refractivity contribution in [2.45, 2.75) is 63.7 Å². The molecule has 11 heteroatoms. The molecular formula is C26H40N2O7Si2. The lowest BCUT2D eigenvalue weighted by atomic mass is 9.85. The Labute approximate surface area is 221 Å². The summed E-state index contributed by atoms with van der Waals surface area (Å²) in [5, 5.41) is 0. The number of carbonyl (C=O) groups is 4. The molecule has 204 valence electrons. The second kappa shape index (κ2) is 11.4. The molecule has 0 aromatic carbocycles. The van der Waals surface area contributed by atoms with Crippen LogP contribution in [0.5, 0.6) is 0 Å². The van der Waals surface area contributed by atoms with Crippen molar-refractivity contribution in [2.24, 2.45) is 23.7 Å². The van der Waals surface area contributed by atoms with E-state index in [1.54, 1.807) is 14.2 Å². The van der Waals surface area contributed by atoms with Crippen molar-refractivity contribution in [3.05, 3.63) is 24.3 Å². The molecule has 2 fully saturated rings. The predicted octanol–water partition coefficient (Wildman–Crippen LogP) is 3.12. The minimum Gasteiger partial charge on any atom is -0.415 e. The number of nitrogens with zero attached hydrogens (tertiary/aromatic N) is 2. The fourth-order valence-corrected chi connectivity index (χ4v) is 13.3. The monoisotopic (exact) mass is 548 g/mol. The fourth-order valence-electron chi connectivity index (χ4n) is 6.14. The molecule has 0 spiro atoms. The molecule has 0 aromatic rings. The average molecular weight is 549 g/mol. The van der Waals surface area contributed by atoms with E-state index in [0.717, 1.165) is 0 Å². The van der Waals surface area contributed by atoms with Crippen molar-refractivity contribution in [3.8, 4) is 0 Å². The zero-order valence-electron chi connectivity index (χ0n) is 22.4. The normalized spacial score (nSPS) is 30.5. The minimum absolute atomic E-state index is 0.0567. The van der Waals surface area contributed by atoms with Gasteiger partial charge in [-0.25, -0.2) is 0 Å². The van der Waals surface area contributed by atoms with Gasteiger partial charge in [-0.1, -0.05) is 24.3 Å². The third-order valence-electron chi connectivity index (χ3n) is 8.52. The van der Waals surface area contributed by atoms with E-state index in [9.17, 15) is 19.2 Å². The Balaban J connectivity index is 1.28. The van der Waals surface area contributed by atoms with Crippen LogP contribution in [0.3, 0.4) is 0 Å². The molecule has 0 N–H and O–H groups in total. The summed E-state index contributed by atoms with van der Waals surface area (Å²) in [5.74, 6) is -1.07. The second-order valence-electron chi connectivity index (χ2n) is 11.0. The summed E-state index contributed by atoms with van der Waals surface area (Å²) in [5.41, 5.74) is 0. The molecule has 2 aliphatic heterocycles. The minimum atomic E-state index is -2.65. The summed E-state index contributed by atoms with van der Waals surface area (Å²) in [4.78, 5) is 53.9. The van der Waals surface area contributed by atoms with Crippen LogP contribution in [0.15, 0.2) is 24.3 Å². The highest BCUT2D eigenvalue weighted by molar-refractivity contribution is 6.80. The van der Waals surface area contributed by atoms with Crippen molar-refractivity contribution in [1.82, 2.24) is 9.80 Å². The number of rotatable bonds is 12. The van der Waals surface area contributed by atoms with Crippen LogP contribution in [-0.4, -0.2) is 77.9 Å². The van der Waals surface area contributed by atoms with Crippen molar-refractivity contribution < 1.29 is 32.1 Å². The zero-order valence-corrected chi connectivity index (χ0v) is 24.4. The number of carbonyl (C=O) groups excluding carboxylic acids is 4. The molecule has 4 amide bonds. The van der Waals surface area contributed by atoms with Crippen LogP contribution in [0, 0.1) is 23.7 Å². The SMILES string of the molecule is CO[Si](C)(CCCN1C(=O)C2CC=CCC2C1=O)O[Si](C)(CCCN1C(=O)C2CC=CCC2C1=O)OC. The van der Waals surface area contributed by atoms with Crippen LogP contribution in [0.1, 0.15) is 38.5 Å². The first-order chi connectivity index (χ1) is 17.6. The molecule has 4 aliphatic rings. The molecule has 2 heterocycles. The van der Waals surface area contributed by atoms with Gasteiger partial charge in [0.1, 0.15) is 0 Å². The number of hydrogen-bond donors (Lipinski definition) is 0. The Hall–Kier alpha value is -1.93. The highest BCUT2D eigenvalue weighted by Crippen LogP contribution is 2.37. The van der Waals surface area contributed by atoms with Gasteiger partial charge in [0.2, 0.25) is 23.6 Å². The van der Waals surface area contributed by atoms with E-state index in [2.05, 4.69) is 0 Å². The molecule has 2 aliphatic carbocycles. The Morgan fingerprint density at radius 2 is 0.946 bits per heavy atom. The van der Waals surface area contributed by atoms with Crippen molar-refractivity contribution >= 4 is 40.8 Å². The third-order valence-corrected chi connectivity index (χ3v) is 16.2. The number of fused-ring (bicyclic) bond motifs is 2. The third kappa shape index (κ3) is 5.75. The largest absolute Gasteiger partial charge is 0.415 e. The van der Waals surface area contributed by atoms with Crippen LogP contribution >= 0.6 is 0 Å². The van der Waals surface area contributed by atoms with Crippen LogP contribution in [-0.2, 0) is 32.1 Å². The van der Waals surface area contributed by atoms with E-state index in [1.807, 2.05) is 37.4 Å². The molecule has 2 saturated heterocycles. The topological polar surface area (TPSA) is 102 Å². The van der Waals surface area contributed by atoms with E-state index < -0.39 is 17.1 Å². The first kappa shape index (κ1) is 28.1. The van der Waals surface area contributed by atoms with Gasteiger partial charge in [-0.15, -0.1) is 0 Å². The van der Waals surface area contributed by atoms with E-state index in [1.165, 1.54) is 9.80 Å². The van der Waals surface area contributed by atoms with Crippen LogP contribution in [0.25, 0.3) is 0 Å². The smallest absolute Gasteiger partial charge is 0.325 e. The van der Waals surface area contributed by atoms with Crippen molar-refractivity contribution in [2.75, 3.05) is 27.3 Å². The van der Waals surface area contributed by atoms with Crippen molar-refractivity contribution in [1.29, 1.82) is 0 Å². The molecule has 37 heavy (non-hydrogen) atoms. The Morgan fingerprint density at radius 3 is 1.22 bits per heavy atom. The van der Waals surface area contributed by atoms with Crippen LogP contribution in [0.2, 0.25) is 25.2 Å². The molecular weight excluding hydrogens is 508 g/mol. The van der Waals surface area contributed by atoms with E-state index in [-0.39, 0.29) is 47.3 Å². The summed E-state index contributed by atoms with van der Waals surface area (Å²) >= 11 is 0. The molecule has 9 nitrogen and oxygen atoms in total. The molecule has 0 bridgehead atoms. The Morgan fingerprint density at radius 1 is 0.649 bits per heavy atom. The number of allylic oxidation sites excluding steroid dienone is 4. The lowest BCUT2D eigenvalue weighted by molar-refractivity contribution is -0.141. The molecule has 0 saturated carbocycles. The summed E-state index contributed by atoms with van der Waals surface area (Å²) in [6.07, 6.45) is 11.8. The number of likely N-dealkylation sites (tertiary alicyclic amines) is 2. The molecule has 0 radical (unpaired) electrons. The van der Waals surface area contributed by atoms with Gasteiger partial charge in [0.15, 0.2) is 0 Å².